The van der Waals surface area contributed by atoms with Crippen LogP contribution in [0.1, 0.15) is 20.8 Å². The molecule has 0 unspecified atom stereocenters. The van der Waals surface area contributed by atoms with E-state index in [0.717, 1.165) is 6.26 Å². The van der Waals surface area contributed by atoms with Crippen molar-refractivity contribution in [2.24, 2.45) is 0 Å². The monoisotopic (exact) mass is 317 g/mol. The van der Waals surface area contributed by atoms with Crippen LogP contribution in [-0.2, 0) is 14.9 Å². The summed E-state index contributed by atoms with van der Waals surface area (Å²) in [4.78, 5) is 16.3. The molecule has 0 saturated heterocycles. The van der Waals surface area contributed by atoms with Crippen molar-refractivity contribution < 1.29 is 23.2 Å². The molecule has 0 radical (unpaired) electrons. The maximum absolute atomic E-state index is 11.1. The van der Waals surface area contributed by atoms with E-state index in [2.05, 4.69) is 10.1 Å². The smallest absolute Gasteiger partial charge is 0.451 e. The lowest BCUT2D eigenvalue weighted by atomic mass is 10.2. The van der Waals surface area contributed by atoms with Gasteiger partial charge in [0.05, 0.1) is 17.5 Å². The third kappa shape index (κ3) is 6.82. The van der Waals surface area contributed by atoms with Gasteiger partial charge in [0.2, 0.25) is 10.0 Å². The van der Waals surface area contributed by atoms with Crippen LogP contribution in [0.5, 0.6) is 0 Å². The minimum atomic E-state index is -3.35. The van der Waals surface area contributed by atoms with Crippen molar-refractivity contribution in [1.82, 2.24) is 5.17 Å². The van der Waals surface area contributed by atoms with Crippen molar-refractivity contribution in [2.45, 2.75) is 26.4 Å². The van der Waals surface area contributed by atoms with Gasteiger partial charge in [-0.1, -0.05) is 5.17 Å². The largest absolute Gasteiger partial charge is 0.462 e. The van der Waals surface area contributed by atoms with E-state index in [1.807, 2.05) is 0 Å². The Balaban J connectivity index is 2.79. The summed E-state index contributed by atoms with van der Waals surface area (Å²) in [7, 11) is -3.35. The first-order chi connectivity index (χ1) is 9.46. The van der Waals surface area contributed by atoms with Crippen LogP contribution in [0.4, 0.5) is 16.2 Å². The Labute approximate surface area is 123 Å². The number of nitrogens with one attached hydrogen (secondary N) is 2. The van der Waals surface area contributed by atoms with E-state index in [-0.39, 0.29) is 0 Å². The average Bonchev–Trinajstić information content (AvgIpc) is 2.27. The molecule has 0 saturated carbocycles. The minimum Gasteiger partial charge on any atom is -0.462 e. The van der Waals surface area contributed by atoms with Gasteiger partial charge in [0.15, 0.2) is 0 Å². The van der Waals surface area contributed by atoms with Crippen molar-refractivity contribution in [1.29, 1.82) is 0 Å². The van der Waals surface area contributed by atoms with E-state index in [9.17, 15) is 13.2 Å². The zero-order valence-electron chi connectivity index (χ0n) is 12.2. The molecule has 0 aromatic heterocycles. The van der Waals surface area contributed by atoms with Crippen molar-refractivity contribution >= 4 is 27.5 Å². The quantitative estimate of drug-likeness (QED) is 0.718. The van der Waals surface area contributed by atoms with Crippen molar-refractivity contribution in [2.75, 3.05) is 16.4 Å². The van der Waals surface area contributed by atoms with Gasteiger partial charge in [0, 0.05) is 5.69 Å². The molecule has 0 fully saturated rings. The van der Waals surface area contributed by atoms with Crippen LogP contribution in [-0.4, -0.2) is 36.6 Å². The van der Waals surface area contributed by atoms with Gasteiger partial charge in [-0.05, 0) is 45.0 Å². The average molecular weight is 317 g/mol. The first kappa shape index (κ1) is 17.1. The van der Waals surface area contributed by atoms with E-state index in [0.29, 0.717) is 16.5 Å². The molecular weight excluding hydrogens is 298 g/mol. The Morgan fingerprint density at radius 2 is 1.67 bits per heavy atom. The fourth-order valence-electron chi connectivity index (χ4n) is 1.33. The predicted octanol–water partition coefficient (Wildman–Crippen LogP) is 2.10. The lowest BCUT2D eigenvalue weighted by Crippen LogP contribution is -2.41. The molecule has 0 aliphatic rings. The minimum absolute atomic E-state index is 0.377. The standard InChI is InChI=1S/C12H19N3O5S/c1-12(2,3)20-15(11(16)17)13-9-5-7-10(8-6-9)14-21(4,18)19/h5-8,13-14H,1-4H3,(H,16,17). The Kier molecular flexibility index (Phi) is 5.02. The number of hydrogen-bond acceptors (Lipinski definition) is 5. The summed E-state index contributed by atoms with van der Waals surface area (Å²) >= 11 is 0. The zero-order valence-corrected chi connectivity index (χ0v) is 13.1. The Morgan fingerprint density at radius 1 is 1.19 bits per heavy atom. The van der Waals surface area contributed by atoms with Gasteiger partial charge in [-0.15, -0.1) is 0 Å². The van der Waals surface area contributed by atoms with E-state index in [1.165, 1.54) is 24.3 Å². The van der Waals surface area contributed by atoms with Crippen molar-refractivity contribution in [3.05, 3.63) is 24.3 Å². The van der Waals surface area contributed by atoms with Crippen LogP contribution < -0.4 is 10.1 Å². The van der Waals surface area contributed by atoms with Crippen LogP contribution in [0.3, 0.4) is 0 Å². The lowest BCUT2D eigenvalue weighted by Gasteiger charge is -2.27. The highest BCUT2D eigenvalue weighted by molar-refractivity contribution is 7.92. The summed E-state index contributed by atoms with van der Waals surface area (Å²) in [6, 6.07) is 6.05. The van der Waals surface area contributed by atoms with Crippen molar-refractivity contribution in [3.63, 3.8) is 0 Å². The van der Waals surface area contributed by atoms with E-state index < -0.39 is 21.7 Å². The third-order valence-electron chi connectivity index (χ3n) is 1.96. The van der Waals surface area contributed by atoms with E-state index in [1.54, 1.807) is 20.8 Å². The lowest BCUT2D eigenvalue weighted by molar-refractivity contribution is -0.188. The fourth-order valence-corrected chi connectivity index (χ4v) is 1.89. The summed E-state index contributed by atoms with van der Waals surface area (Å²) in [5.74, 6) is 0. The molecule has 8 nitrogen and oxygen atoms in total. The Bertz CT molecular complexity index is 592. The second-order valence-corrected chi connectivity index (χ2v) is 7.09. The normalized spacial score (nSPS) is 11.8. The third-order valence-corrected chi connectivity index (χ3v) is 2.56. The maximum atomic E-state index is 11.1. The molecule has 1 rings (SSSR count). The highest BCUT2D eigenvalue weighted by Crippen LogP contribution is 2.17. The molecule has 9 heteroatoms. The van der Waals surface area contributed by atoms with Gasteiger partial charge in [0.25, 0.3) is 0 Å². The summed E-state index contributed by atoms with van der Waals surface area (Å²) in [6.07, 6.45) is -0.258. The molecule has 1 aromatic rings. The number of benzene rings is 1. The highest BCUT2D eigenvalue weighted by atomic mass is 32.2. The Hall–Kier alpha value is -2.00. The van der Waals surface area contributed by atoms with Crippen LogP contribution >= 0.6 is 0 Å². The molecule has 0 heterocycles. The van der Waals surface area contributed by atoms with Crippen LogP contribution in [0.2, 0.25) is 0 Å². The highest BCUT2D eigenvalue weighted by Gasteiger charge is 2.21. The summed E-state index contributed by atoms with van der Waals surface area (Å²) in [6.45, 7) is 5.14. The van der Waals surface area contributed by atoms with Crippen LogP contribution in [0.15, 0.2) is 24.3 Å². The number of carbonyl (C=O) groups is 1. The molecule has 1 aromatic carbocycles. The predicted molar refractivity (Wildman–Crippen MR) is 79.2 cm³/mol. The summed E-state index contributed by atoms with van der Waals surface area (Å²) < 4.78 is 24.5. The number of carboxylic acid groups (broad SMARTS) is 1. The van der Waals surface area contributed by atoms with Crippen LogP contribution in [0, 0.1) is 0 Å². The number of hydrogen-bond donors (Lipinski definition) is 3. The molecule has 0 atom stereocenters. The van der Waals surface area contributed by atoms with E-state index in [4.69, 9.17) is 9.94 Å². The number of hydrazine groups is 1. The van der Waals surface area contributed by atoms with Gasteiger partial charge < -0.3 is 5.11 Å². The Morgan fingerprint density at radius 3 is 2.05 bits per heavy atom. The van der Waals surface area contributed by atoms with Crippen molar-refractivity contribution in [3.8, 4) is 0 Å². The van der Waals surface area contributed by atoms with E-state index >= 15 is 0 Å². The van der Waals surface area contributed by atoms with Crippen LogP contribution in [0.25, 0.3) is 0 Å². The topological polar surface area (TPSA) is 108 Å². The molecule has 0 spiro atoms. The van der Waals surface area contributed by atoms with Gasteiger partial charge >= 0.3 is 6.09 Å². The molecular formula is C12H19N3O5S. The van der Waals surface area contributed by atoms with Gasteiger partial charge in [-0.2, -0.15) is 0 Å². The van der Waals surface area contributed by atoms with Gasteiger partial charge in [-0.25, -0.2) is 18.0 Å². The molecule has 3 N–H and O–H groups in total. The molecule has 21 heavy (non-hydrogen) atoms. The SMILES string of the molecule is CC(C)(C)ON(Nc1ccc(NS(C)(=O)=O)cc1)C(=O)O. The number of anilines is 2. The number of rotatable bonds is 5. The summed E-state index contributed by atoms with van der Waals surface area (Å²) in [5, 5.41) is 9.65. The summed E-state index contributed by atoms with van der Waals surface area (Å²) in [5.41, 5.74) is 2.68. The second-order valence-electron chi connectivity index (χ2n) is 5.34. The fraction of sp³-hybridized carbons (Fsp3) is 0.417. The number of sulfonamides is 1. The van der Waals surface area contributed by atoms with Gasteiger partial charge in [0.1, 0.15) is 0 Å². The first-order valence-electron chi connectivity index (χ1n) is 6.03. The first-order valence-corrected chi connectivity index (χ1v) is 7.92. The molecule has 118 valence electrons. The number of hydroxylamine groups is 1. The second kappa shape index (κ2) is 6.19. The van der Waals surface area contributed by atoms with Gasteiger partial charge in [-0.3, -0.25) is 10.1 Å². The number of amides is 1. The molecule has 1 amide bonds. The maximum Gasteiger partial charge on any atom is 0.451 e. The zero-order chi connectivity index (χ0) is 16.3. The molecule has 0 bridgehead atoms. The molecule has 0 aliphatic heterocycles. The molecule has 0 aliphatic carbocycles. The number of nitrogens with zero attached hydrogens (tertiary/aromatic N) is 1.